The van der Waals surface area contributed by atoms with Crippen molar-refractivity contribution < 1.29 is 33.5 Å². The number of carbonyl (C=O) groups is 2. The van der Waals surface area contributed by atoms with E-state index < -0.39 is 33.4 Å². The van der Waals surface area contributed by atoms with E-state index in [-0.39, 0.29) is 43.7 Å². The molecular formula is C37H33FN2O7P2S4. The van der Waals surface area contributed by atoms with Crippen LogP contribution in [-0.4, -0.2) is 45.9 Å². The van der Waals surface area contributed by atoms with Crippen LogP contribution in [0, 0.1) is 22.9 Å². The summed E-state index contributed by atoms with van der Waals surface area (Å²) in [4.78, 5) is 38.9. The zero-order valence-corrected chi connectivity index (χ0v) is 33.5. The molecule has 1 aromatic heterocycles. The second-order valence-electron chi connectivity index (χ2n) is 11.8. The highest BCUT2D eigenvalue weighted by Gasteiger charge is 2.40. The van der Waals surface area contributed by atoms with E-state index in [4.69, 9.17) is 21.3 Å². The summed E-state index contributed by atoms with van der Waals surface area (Å²) in [5.74, 6) is -1.24. The lowest BCUT2D eigenvalue weighted by atomic mass is 10.0. The van der Waals surface area contributed by atoms with Gasteiger partial charge in [0, 0.05) is 32.9 Å². The Balaban J connectivity index is 1.27. The third-order valence-corrected chi connectivity index (χ3v) is 34.1. The molecule has 0 unspecified atom stereocenters. The minimum absolute atomic E-state index is 0.0550. The van der Waals surface area contributed by atoms with Gasteiger partial charge in [-0.05, 0) is 115 Å². The van der Waals surface area contributed by atoms with Crippen LogP contribution in [0.3, 0.4) is 0 Å². The van der Waals surface area contributed by atoms with Crippen molar-refractivity contribution in [3.63, 3.8) is 0 Å². The highest BCUT2D eigenvalue weighted by atomic mass is 33.7. The summed E-state index contributed by atoms with van der Waals surface area (Å²) in [6.07, 6.45) is 1.58. The molecule has 0 radical (unpaired) electrons. The van der Waals surface area contributed by atoms with Gasteiger partial charge in [0.25, 0.3) is 0 Å². The van der Waals surface area contributed by atoms with Gasteiger partial charge in [0.15, 0.2) is 0 Å². The minimum Gasteiger partial charge on any atom is -0.508 e. The molecule has 0 amide bonds. The number of hydrogen-bond donors (Lipinski definition) is 1. The monoisotopic (exact) mass is 826 g/mol. The summed E-state index contributed by atoms with van der Waals surface area (Å²) in [6.45, 7) is 1.46. The molecule has 0 bridgehead atoms. The fourth-order valence-electron chi connectivity index (χ4n) is 5.69. The lowest BCUT2D eigenvalue weighted by Gasteiger charge is -2.37. The van der Waals surface area contributed by atoms with Crippen molar-refractivity contribution in [2.75, 3.05) is 19.4 Å². The van der Waals surface area contributed by atoms with E-state index in [1.807, 2.05) is 54.8 Å². The Labute approximate surface area is 324 Å². The van der Waals surface area contributed by atoms with Gasteiger partial charge >= 0.3 is 11.9 Å². The number of carbonyl (C=O) groups excluding carboxylic acids is 2. The lowest BCUT2D eigenvalue weighted by Crippen LogP contribution is -2.16. The molecule has 6 rings (SSSR count). The topological polar surface area (TPSA) is 121 Å². The average molecular weight is 827 g/mol. The highest BCUT2D eigenvalue weighted by molar-refractivity contribution is 9.43. The number of benzene rings is 4. The molecule has 9 nitrogen and oxygen atoms in total. The standard InChI is InChI=1S/C37H33FN2O7P2S4/c1-24-33(23-34(42)47-29-12-14-30(15-13-29)48-52-49(50,53-48)31-16-10-28(41)11-17-31)35(37(43)46-21-4-3-20-39(44)45)36(25-8-18-32(51-2)19-9-25)40(24)27-7-5-6-26(38)22-27/h5-19,22,41H,3-4,20-21,23H2,1-2H3. The molecule has 0 atom stereocenters. The Morgan fingerprint density at radius 1 is 1.02 bits per heavy atom. The summed E-state index contributed by atoms with van der Waals surface area (Å²) in [6, 6.07) is 27.9. The van der Waals surface area contributed by atoms with Crippen LogP contribution in [-0.2, 0) is 27.8 Å². The molecule has 2 heterocycles. The van der Waals surface area contributed by atoms with Gasteiger partial charge in [0.1, 0.15) is 17.3 Å². The molecule has 5 aromatic rings. The molecule has 0 spiro atoms. The van der Waals surface area contributed by atoms with Crippen molar-refractivity contribution in [2.24, 2.45) is 0 Å². The quantitative estimate of drug-likeness (QED) is 0.0219. The number of nitro groups is 1. The van der Waals surface area contributed by atoms with E-state index in [9.17, 15) is 29.2 Å². The smallest absolute Gasteiger partial charge is 0.340 e. The molecule has 1 fully saturated rings. The Morgan fingerprint density at radius 3 is 2.36 bits per heavy atom. The SMILES string of the molecule is CSc1ccc(-c2c(C(=O)OCCCC[N+](=O)[O-])c(CC(=O)Oc3ccc(P4SP(=S)(c5ccc(O)cc5)S4)cc3)c(C)n2-c2cccc(F)c2)cc1. The van der Waals surface area contributed by atoms with Gasteiger partial charge in [0.05, 0.1) is 35.1 Å². The van der Waals surface area contributed by atoms with Crippen LogP contribution in [0.1, 0.15) is 34.5 Å². The Morgan fingerprint density at radius 2 is 1.72 bits per heavy atom. The van der Waals surface area contributed by atoms with Gasteiger partial charge < -0.3 is 19.1 Å². The largest absolute Gasteiger partial charge is 0.508 e. The Hall–Kier alpha value is -3.64. The van der Waals surface area contributed by atoms with Gasteiger partial charge in [-0.2, -0.15) is 0 Å². The van der Waals surface area contributed by atoms with Crippen molar-refractivity contribution in [3.8, 4) is 28.4 Å². The van der Waals surface area contributed by atoms with E-state index in [0.717, 1.165) is 15.5 Å². The normalized spacial score (nSPS) is 16.5. The van der Waals surface area contributed by atoms with Gasteiger partial charge in [-0.25, -0.2) is 9.18 Å². The van der Waals surface area contributed by atoms with Crippen LogP contribution >= 0.6 is 44.5 Å². The van der Waals surface area contributed by atoms with Crippen LogP contribution in [0.2, 0.25) is 0 Å². The third-order valence-electron chi connectivity index (χ3n) is 8.27. The first-order chi connectivity index (χ1) is 25.5. The van der Waals surface area contributed by atoms with Gasteiger partial charge in [-0.1, -0.05) is 52.0 Å². The minimum atomic E-state index is -1.84. The Kier molecular flexibility index (Phi) is 12.7. The number of halogens is 1. The number of ether oxygens (including phenoxy) is 2. The Bertz CT molecular complexity index is 2190. The number of rotatable bonds is 14. The van der Waals surface area contributed by atoms with Crippen LogP contribution < -0.4 is 15.3 Å². The zero-order chi connectivity index (χ0) is 37.7. The van der Waals surface area contributed by atoms with Gasteiger partial charge in [-0.3, -0.25) is 14.9 Å². The van der Waals surface area contributed by atoms with Crippen molar-refractivity contribution in [2.45, 2.75) is 31.1 Å². The van der Waals surface area contributed by atoms with Crippen LogP contribution in [0.5, 0.6) is 11.5 Å². The highest BCUT2D eigenvalue weighted by Crippen LogP contribution is 2.99. The molecule has 0 saturated carbocycles. The van der Waals surface area contributed by atoms with E-state index in [2.05, 4.69) is 0 Å². The van der Waals surface area contributed by atoms with Crippen molar-refractivity contribution in [3.05, 3.63) is 130 Å². The van der Waals surface area contributed by atoms with E-state index in [1.54, 1.807) is 81.7 Å². The number of phenols is 1. The van der Waals surface area contributed by atoms with Crippen LogP contribution in [0.4, 0.5) is 4.39 Å². The van der Waals surface area contributed by atoms with Crippen molar-refractivity contribution in [1.29, 1.82) is 0 Å². The zero-order valence-electron chi connectivity index (χ0n) is 28.5. The fourth-order valence-corrected chi connectivity index (χ4v) is 32.0. The number of thioether (sulfide) groups is 1. The maximum Gasteiger partial charge on any atom is 0.340 e. The molecule has 1 N–H and O–H groups in total. The average Bonchev–Trinajstić information content (AvgIpc) is 3.41. The first-order valence-corrected chi connectivity index (χ1v) is 25.7. The predicted octanol–water partition coefficient (Wildman–Crippen LogP) is 9.43. The van der Waals surface area contributed by atoms with Gasteiger partial charge in [0.2, 0.25) is 6.54 Å². The molecule has 53 heavy (non-hydrogen) atoms. The first-order valence-electron chi connectivity index (χ1n) is 16.3. The number of hydrogen-bond acceptors (Lipinski definition) is 11. The molecule has 1 aliphatic heterocycles. The number of unbranched alkanes of at least 4 members (excludes halogenated alkanes) is 1. The summed E-state index contributed by atoms with van der Waals surface area (Å²) < 4.78 is 26.0. The second kappa shape index (κ2) is 17.2. The molecular weight excluding hydrogens is 794 g/mol. The third kappa shape index (κ3) is 9.19. The molecule has 0 aliphatic carbocycles. The number of aromatic nitrogens is 1. The molecule has 1 saturated heterocycles. The lowest BCUT2D eigenvalue weighted by molar-refractivity contribution is -0.480. The van der Waals surface area contributed by atoms with Crippen molar-refractivity contribution in [1.82, 2.24) is 4.57 Å². The summed E-state index contributed by atoms with van der Waals surface area (Å²) in [5.41, 5.74) is 2.55. The maximum absolute atomic E-state index is 14.6. The van der Waals surface area contributed by atoms with E-state index >= 15 is 0 Å². The molecule has 274 valence electrons. The number of phenolic OH excluding ortho intramolecular Hbond substituents is 1. The number of aromatic hydroxyl groups is 1. The van der Waals surface area contributed by atoms with Crippen LogP contribution in [0.25, 0.3) is 16.9 Å². The van der Waals surface area contributed by atoms with Crippen molar-refractivity contribution >= 4 is 78.9 Å². The summed E-state index contributed by atoms with van der Waals surface area (Å²) in [7, 11) is 0. The van der Waals surface area contributed by atoms with Gasteiger partial charge in [-0.15, -0.1) is 11.8 Å². The van der Waals surface area contributed by atoms with E-state index in [0.29, 0.717) is 34.0 Å². The number of esters is 2. The molecule has 4 aromatic carbocycles. The summed E-state index contributed by atoms with van der Waals surface area (Å²) in [5, 5.41) is 22.6. The summed E-state index contributed by atoms with van der Waals surface area (Å²) >= 11 is 11.1. The number of nitrogens with zero attached hydrogens (tertiary/aromatic N) is 2. The molecule has 16 heteroatoms. The fraction of sp³-hybridized carbons (Fsp3) is 0.189. The predicted molar refractivity (Wildman–Crippen MR) is 219 cm³/mol. The van der Waals surface area contributed by atoms with E-state index in [1.165, 1.54) is 12.1 Å². The molecule has 1 aliphatic rings. The second-order valence-corrected chi connectivity index (χ2v) is 29.4. The maximum atomic E-state index is 14.6. The van der Waals surface area contributed by atoms with Crippen LogP contribution in [0.15, 0.2) is 102 Å². The first kappa shape index (κ1) is 39.1.